The van der Waals surface area contributed by atoms with Crippen LogP contribution in [-0.4, -0.2) is 14.8 Å². The smallest absolute Gasteiger partial charge is 0.157 e. The Morgan fingerprint density at radius 2 is 2.14 bits per heavy atom. The summed E-state index contributed by atoms with van der Waals surface area (Å²) in [6.07, 6.45) is 1.76. The first-order valence-corrected chi connectivity index (χ1v) is 6.89. The Kier molecular flexibility index (Phi) is 3.51. The van der Waals surface area contributed by atoms with E-state index in [4.69, 9.17) is 11.6 Å². The zero-order valence-corrected chi connectivity index (χ0v) is 12.4. The van der Waals surface area contributed by atoms with Crippen molar-refractivity contribution in [3.05, 3.63) is 52.6 Å². The Labute approximate surface area is 126 Å². The molecule has 2 aromatic heterocycles. The number of aryl methyl sites for hydroxylation is 2. The quantitative estimate of drug-likeness (QED) is 0.802. The van der Waals surface area contributed by atoms with Gasteiger partial charge in [0.1, 0.15) is 5.82 Å². The van der Waals surface area contributed by atoms with Crippen LogP contribution in [0.5, 0.6) is 0 Å². The monoisotopic (exact) mass is 304 g/mol. The van der Waals surface area contributed by atoms with Gasteiger partial charge in [0.25, 0.3) is 0 Å². The van der Waals surface area contributed by atoms with Crippen molar-refractivity contribution in [2.45, 2.75) is 13.5 Å². The lowest BCUT2D eigenvalue weighted by atomic mass is 10.2. The highest BCUT2D eigenvalue weighted by atomic mass is 35.5. The molecule has 2 heterocycles. The van der Waals surface area contributed by atoms with E-state index >= 15 is 0 Å². The average molecular weight is 305 g/mol. The minimum absolute atomic E-state index is 0.328. The Morgan fingerprint density at radius 3 is 2.95 bits per heavy atom. The van der Waals surface area contributed by atoms with Crippen molar-refractivity contribution in [3.63, 3.8) is 0 Å². The summed E-state index contributed by atoms with van der Waals surface area (Å²) in [6.45, 7) is 2.41. The van der Waals surface area contributed by atoms with E-state index in [1.165, 1.54) is 12.1 Å². The van der Waals surface area contributed by atoms with E-state index in [1.54, 1.807) is 16.9 Å². The molecule has 0 radical (unpaired) electrons. The van der Waals surface area contributed by atoms with Crippen LogP contribution in [0.15, 0.2) is 30.5 Å². The summed E-state index contributed by atoms with van der Waals surface area (Å²) >= 11 is 5.87. The van der Waals surface area contributed by atoms with Crippen LogP contribution in [0.4, 0.5) is 10.1 Å². The summed E-state index contributed by atoms with van der Waals surface area (Å²) in [5.41, 5.74) is 3.10. The van der Waals surface area contributed by atoms with Crippen molar-refractivity contribution in [1.82, 2.24) is 14.8 Å². The lowest BCUT2D eigenvalue weighted by Gasteiger charge is -2.08. The third-order valence-corrected chi connectivity index (χ3v) is 3.57. The van der Waals surface area contributed by atoms with Crippen LogP contribution in [-0.2, 0) is 13.6 Å². The molecule has 0 aliphatic rings. The topological polar surface area (TPSA) is 42.7 Å². The van der Waals surface area contributed by atoms with Gasteiger partial charge in [-0.1, -0.05) is 11.6 Å². The Hall–Kier alpha value is -2.14. The number of anilines is 1. The highest BCUT2D eigenvalue weighted by molar-refractivity contribution is 6.30. The number of halogens is 2. The fourth-order valence-corrected chi connectivity index (χ4v) is 2.45. The molecule has 3 aromatic rings. The maximum absolute atomic E-state index is 13.6. The number of aromatic nitrogens is 3. The molecule has 0 spiro atoms. The molecule has 0 saturated carbocycles. The SMILES string of the molecule is Cc1nn(C)c2ncc(CNc3cc(Cl)ccc3F)cc12. The fraction of sp³-hybridized carbons (Fsp3) is 0.200. The first-order chi connectivity index (χ1) is 10.0. The van der Waals surface area contributed by atoms with Crippen molar-refractivity contribution < 1.29 is 4.39 Å². The van der Waals surface area contributed by atoms with Gasteiger partial charge in [0, 0.05) is 30.2 Å². The van der Waals surface area contributed by atoms with Crippen molar-refractivity contribution in [3.8, 4) is 0 Å². The van der Waals surface area contributed by atoms with Gasteiger partial charge in [-0.2, -0.15) is 5.10 Å². The summed E-state index contributed by atoms with van der Waals surface area (Å²) in [5, 5.41) is 8.86. The standard InChI is InChI=1S/C15H14ClFN4/c1-9-12-5-10(8-19-15(12)21(2)20-9)7-18-14-6-11(16)3-4-13(14)17/h3-6,8,18H,7H2,1-2H3. The highest BCUT2D eigenvalue weighted by Crippen LogP contribution is 2.21. The molecule has 3 rings (SSSR count). The molecular formula is C15H14ClFN4. The van der Waals surface area contributed by atoms with Crippen molar-refractivity contribution >= 4 is 28.3 Å². The number of pyridine rings is 1. The van der Waals surface area contributed by atoms with E-state index in [0.717, 1.165) is 22.3 Å². The molecule has 1 aromatic carbocycles. The zero-order chi connectivity index (χ0) is 15.0. The molecule has 108 valence electrons. The van der Waals surface area contributed by atoms with Gasteiger partial charge in [-0.05, 0) is 36.8 Å². The molecule has 0 aliphatic heterocycles. The van der Waals surface area contributed by atoms with Crippen molar-refractivity contribution in [2.75, 3.05) is 5.32 Å². The molecule has 0 atom stereocenters. The number of rotatable bonds is 3. The molecule has 6 heteroatoms. The molecule has 1 N–H and O–H groups in total. The second kappa shape index (κ2) is 5.33. The number of benzene rings is 1. The van der Waals surface area contributed by atoms with Crippen LogP contribution in [0.2, 0.25) is 5.02 Å². The van der Waals surface area contributed by atoms with E-state index < -0.39 is 0 Å². The van der Waals surface area contributed by atoms with Crippen LogP contribution in [0, 0.1) is 12.7 Å². The molecular weight excluding hydrogens is 291 g/mol. The van der Waals surface area contributed by atoms with E-state index in [9.17, 15) is 4.39 Å². The molecule has 21 heavy (non-hydrogen) atoms. The molecule has 0 fully saturated rings. The summed E-state index contributed by atoms with van der Waals surface area (Å²) in [4.78, 5) is 4.39. The largest absolute Gasteiger partial charge is 0.378 e. The summed E-state index contributed by atoms with van der Waals surface area (Å²) < 4.78 is 15.4. The van der Waals surface area contributed by atoms with Crippen molar-refractivity contribution in [1.29, 1.82) is 0 Å². The van der Waals surface area contributed by atoms with Gasteiger partial charge in [-0.15, -0.1) is 0 Å². The predicted molar refractivity (Wildman–Crippen MR) is 82.0 cm³/mol. The molecule has 0 amide bonds. The third-order valence-electron chi connectivity index (χ3n) is 3.33. The Morgan fingerprint density at radius 1 is 1.33 bits per heavy atom. The maximum atomic E-state index is 13.6. The molecule has 0 aliphatic carbocycles. The zero-order valence-electron chi connectivity index (χ0n) is 11.7. The summed E-state index contributed by atoms with van der Waals surface area (Å²) in [5.74, 6) is -0.328. The van der Waals surface area contributed by atoms with E-state index in [0.29, 0.717) is 17.3 Å². The average Bonchev–Trinajstić information content (AvgIpc) is 2.75. The van der Waals surface area contributed by atoms with Crippen LogP contribution in [0.1, 0.15) is 11.3 Å². The number of fused-ring (bicyclic) bond motifs is 1. The van der Waals surface area contributed by atoms with E-state index in [-0.39, 0.29) is 5.82 Å². The minimum atomic E-state index is -0.328. The lowest BCUT2D eigenvalue weighted by Crippen LogP contribution is -2.02. The molecule has 0 unspecified atom stereocenters. The van der Waals surface area contributed by atoms with Crippen LogP contribution < -0.4 is 5.32 Å². The normalized spacial score (nSPS) is 11.0. The number of hydrogen-bond donors (Lipinski definition) is 1. The van der Waals surface area contributed by atoms with Crippen LogP contribution in [0.3, 0.4) is 0 Å². The van der Waals surface area contributed by atoms with Crippen molar-refractivity contribution in [2.24, 2.45) is 7.05 Å². The van der Waals surface area contributed by atoms with Gasteiger partial charge in [0.05, 0.1) is 11.4 Å². The summed E-state index contributed by atoms with van der Waals surface area (Å²) in [7, 11) is 1.86. The van der Waals surface area contributed by atoms with Gasteiger partial charge < -0.3 is 5.32 Å². The van der Waals surface area contributed by atoms with Gasteiger partial charge >= 0.3 is 0 Å². The number of nitrogens with one attached hydrogen (secondary N) is 1. The highest BCUT2D eigenvalue weighted by Gasteiger charge is 2.08. The second-order valence-corrected chi connectivity index (χ2v) is 5.34. The van der Waals surface area contributed by atoms with E-state index in [1.807, 2.05) is 20.0 Å². The van der Waals surface area contributed by atoms with Gasteiger partial charge in [0.15, 0.2) is 5.65 Å². The second-order valence-electron chi connectivity index (χ2n) is 4.90. The molecule has 0 saturated heterocycles. The van der Waals surface area contributed by atoms with Crippen LogP contribution >= 0.6 is 11.6 Å². The summed E-state index contributed by atoms with van der Waals surface area (Å²) in [6, 6.07) is 6.45. The number of nitrogens with zero attached hydrogens (tertiary/aromatic N) is 3. The van der Waals surface area contributed by atoms with Crippen LogP contribution in [0.25, 0.3) is 11.0 Å². The van der Waals surface area contributed by atoms with Gasteiger partial charge in [0.2, 0.25) is 0 Å². The minimum Gasteiger partial charge on any atom is -0.378 e. The maximum Gasteiger partial charge on any atom is 0.157 e. The third kappa shape index (κ3) is 2.69. The molecule has 0 bridgehead atoms. The predicted octanol–water partition coefficient (Wildman–Crippen LogP) is 3.68. The first kappa shape index (κ1) is 13.8. The Balaban J connectivity index is 1.85. The Bertz CT molecular complexity index is 813. The van der Waals surface area contributed by atoms with Gasteiger partial charge in [-0.25, -0.2) is 9.37 Å². The molecule has 4 nitrogen and oxygen atoms in total. The van der Waals surface area contributed by atoms with Gasteiger partial charge in [-0.3, -0.25) is 4.68 Å². The van der Waals surface area contributed by atoms with E-state index in [2.05, 4.69) is 15.4 Å². The number of hydrogen-bond acceptors (Lipinski definition) is 3. The lowest BCUT2D eigenvalue weighted by molar-refractivity contribution is 0.630. The first-order valence-electron chi connectivity index (χ1n) is 6.52. The fourth-order valence-electron chi connectivity index (χ4n) is 2.28.